The first-order chi connectivity index (χ1) is 13.6. The maximum absolute atomic E-state index is 12.4. The van der Waals surface area contributed by atoms with Crippen molar-refractivity contribution < 1.29 is 14.1 Å². The van der Waals surface area contributed by atoms with E-state index in [-0.39, 0.29) is 11.8 Å². The lowest BCUT2D eigenvalue weighted by molar-refractivity contribution is -0.128. The van der Waals surface area contributed by atoms with E-state index in [4.69, 9.17) is 20.9 Å². The predicted molar refractivity (Wildman–Crippen MR) is 105 cm³/mol. The lowest BCUT2D eigenvalue weighted by atomic mass is 10.1. The third-order valence-electron chi connectivity index (χ3n) is 4.75. The van der Waals surface area contributed by atoms with Crippen LogP contribution in [0.2, 0.25) is 5.02 Å². The van der Waals surface area contributed by atoms with E-state index < -0.39 is 0 Å². The van der Waals surface area contributed by atoms with E-state index in [1.807, 2.05) is 55.5 Å². The predicted octanol–water partition coefficient (Wildman–Crippen LogP) is 4.30. The monoisotopic (exact) mass is 397 g/mol. The number of benzene rings is 2. The molecule has 0 N–H and O–H groups in total. The molecule has 6 nitrogen and oxygen atoms in total. The zero-order valence-electron chi connectivity index (χ0n) is 15.5. The summed E-state index contributed by atoms with van der Waals surface area (Å²) >= 11 is 6.22. The minimum atomic E-state index is -0.112. The summed E-state index contributed by atoms with van der Waals surface area (Å²) in [5.74, 6) is 1.74. The first-order valence-corrected chi connectivity index (χ1v) is 9.60. The first kappa shape index (κ1) is 18.5. The SMILES string of the molecule is CCOc1ccc(-c2noc(C3CC(=O)N(Cc4ccccc4Cl)C3)n2)cc1. The second-order valence-corrected chi connectivity index (χ2v) is 7.09. The molecule has 2 heterocycles. The van der Waals surface area contributed by atoms with E-state index in [1.54, 1.807) is 4.90 Å². The van der Waals surface area contributed by atoms with Crippen LogP contribution >= 0.6 is 11.6 Å². The molecule has 1 aliphatic rings. The highest BCUT2D eigenvalue weighted by molar-refractivity contribution is 6.31. The maximum atomic E-state index is 12.4. The molecule has 7 heteroatoms. The molecule has 1 aromatic heterocycles. The largest absolute Gasteiger partial charge is 0.494 e. The molecule has 144 valence electrons. The van der Waals surface area contributed by atoms with Crippen LogP contribution in [0.15, 0.2) is 53.1 Å². The van der Waals surface area contributed by atoms with Crippen molar-refractivity contribution in [1.29, 1.82) is 0 Å². The van der Waals surface area contributed by atoms with Crippen molar-refractivity contribution in [3.8, 4) is 17.1 Å². The van der Waals surface area contributed by atoms with Crippen molar-refractivity contribution in [1.82, 2.24) is 15.0 Å². The fourth-order valence-corrected chi connectivity index (χ4v) is 3.50. The molecule has 2 aromatic carbocycles. The van der Waals surface area contributed by atoms with E-state index in [2.05, 4.69) is 10.1 Å². The number of ether oxygens (including phenoxy) is 1. The van der Waals surface area contributed by atoms with Gasteiger partial charge in [-0.3, -0.25) is 4.79 Å². The third-order valence-corrected chi connectivity index (χ3v) is 5.12. The molecule has 1 atom stereocenters. The fraction of sp³-hybridized carbons (Fsp3) is 0.286. The average molecular weight is 398 g/mol. The second kappa shape index (κ2) is 8.02. The van der Waals surface area contributed by atoms with E-state index in [0.717, 1.165) is 16.9 Å². The summed E-state index contributed by atoms with van der Waals surface area (Å²) < 4.78 is 10.9. The summed E-state index contributed by atoms with van der Waals surface area (Å²) in [4.78, 5) is 18.7. The Hall–Kier alpha value is -2.86. The smallest absolute Gasteiger partial charge is 0.232 e. The number of halogens is 1. The van der Waals surface area contributed by atoms with Gasteiger partial charge in [0.1, 0.15) is 5.75 Å². The summed E-state index contributed by atoms with van der Waals surface area (Å²) in [6.45, 7) is 3.58. The van der Waals surface area contributed by atoms with Gasteiger partial charge in [0.25, 0.3) is 0 Å². The van der Waals surface area contributed by atoms with Gasteiger partial charge in [-0.05, 0) is 42.8 Å². The summed E-state index contributed by atoms with van der Waals surface area (Å²) in [5, 5.41) is 4.74. The highest BCUT2D eigenvalue weighted by Gasteiger charge is 2.34. The number of amides is 1. The fourth-order valence-electron chi connectivity index (χ4n) is 3.31. The van der Waals surface area contributed by atoms with Crippen LogP contribution in [0.3, 0.4) is 0 Å². The average Bonchev–Trinajstić information content (AvgIpc) is 3.32. The molecule has 28 heavy (non-hydrogen) atoms. The van der Waals surface area contributed by atoms with Crippen LogP contribution < -0.4 is 4.74 Å². The Kier molecular flexibility index (Phi) is 5.30. The molecule has 0 radical (unpaired) electrons. The van der Waals surface area contributed by atoms with Crippen LogP contribution in [0.1, 0.15) is 30.7 Å². The summed E-state index contributed by atoms with van der Waals surface area (Å²) in [5.41, 5.74) is 1.77. The van der Waals surface area contributed by atoms with Gasteiger partial charge in [-0.15, -0.1) is 0 Å². The number of hydrogen-bond acceptors (Lipinski definition) is 5. The van der Waals surface area contributed by atoms with Gasteiger partial charge in [0.2, 0.25) is 17.6 Å². The number of nitrogens with zero attached hydrogens (tertiary/aromatic N) is 3. The minimum Gasteiger partial charge on any atom is -0.494 e. The first-order valence-electron chi connectivity index (χ1n) is 9.22. The Morgan fingerprint density at radius 2 is 2.00 bits per heavy atom. The zero-order valence-corrected chi connectivity index (χ0v) is 16.2. The van der Waals surface area contributed by atoms with Gasteiger partial charge in [-0.1, -0.05) is 35.0 Å². The van der Waals surface area contributed by atoms with Crippen LogP contribution in [-0.4, -0.2) is 34.1 Å². The quantitative estimate of drug-likeness (QED) is 0.620. The van der Waals surface area contributed by atoms with Crippen molar-refractivity contribution in [3.05, 3.63) is 65.0 Å². The van der Waals surface area contributed by atoms with Gasteiger partial charge in [-0.25, -0.2) is 0 Å². The van der Waals surface area contributed by atoms with Crippen LogP contribution in [-0.2, 0) is 11.3 Å². The molecular weight excluding hydrogens is 378 g/mol. The molecule has 1 fully saturated rings. The molecule has 4 rings (SSSR count). The number of rotatable bonds is 6. The van der Waals surface area contributed by atoms with Crippen LogP contribution in [0.4, 0.5) is 0 Å². The molecule has 0 saturated carbocycles. The Morgan fingerprint density at radius 1 is 1.21 bits per heavy atom. The van der Waals surface area contributed by atoms with Crippen molar-refractivity contribution in [2.24, 2.45) is 0 Å². The Morgan fingerprint density at radius 3 is 2.75 bits per heavy atom. The van der Waals surface area contributed by atoms with E-state index >= 15 is 0 Å². The summed E-state index contributed by atoms with van der Waals surface area (Å²) in [6, 6.07) is 15.1. The molecule has 1 saturated heterocycles. The lowest BCUT2D eigenvalue weighted by Gasteiger charge is -2.16. The number of carbonyl (C=O) groups is 1. The lowest BCUT2D eigenvalue weighted by Crippen LogP contribution is -2.24. The summed E-state index contributed by atoms with van der Waals surface area (Å²) in [7, 11) is 0. The molecule has 1 aliphatic heterocycles. The number of carbonyl (C=O) groups excluding carboxylic acids is 1. The molecule has 1 amide bonds. The molecule has 0 bridgehead atoms. The van der Waals surface area contributed by atoms with Crippen molar-refractivity contribution in [3.63, 3.8) is 0 Å². The Balaban J connectivity index is 1.45. The highest BCUT2D eigenvalue weighted by Crippen LogP contribution is 2.31. The van der Waals surface area contributed by atoms with Gasteiger partial charge < -0.3 is 14.2 Å². The van der Waals surface area contributed by atoms with Crippen molar-refractivity contribution in [2.45, 2.75) is 25.8 Å². The second-order valence-electron chi connectivity index (χ2n) is 6.68. The highest BCUT2D eigenvalue weighted by atomic mass is 35.5. The van der Waals surface area contributed by atoms with Gasteiger partial charge in [-0.2, -0.15) is 4.98 Å². The Labute approximate surface area is 168 Å². The van der Waals surface area contributed by atoms with Crippen LogP contribution in [0, 0.1) is 0 Å². The number of hydrogen-bond donors (Lipinski definition) is 0. The van der Waals surface area contributed by atoms with Crippen molar-refractivity contribution >= 4 is 17.5 Å². The van der Waals surface area contributed by atoms with E-state index in [9.17, 15) is 4.79 Å². The molecular formula is C21H20ClN3O3. The topological polar surface area (TPSA) is 68.5 Å². The standard InChI is InChI=1S/C21H20ClN3O3/c1-2-27-17-9-7-14(8-10-17)20-23-21(28-24-20)16-11-19(26)25(13-16)12-15-5-3-4-6-18(15)22/h3-10,16H,2,11-13H2,1H3. The molecule has 0 spiro atoms. The summed E-state index contributed by atoms with van der Waals surface area (Å²) in [6.07, 6.45) is 0.357. The molecule has 3 aromatic rings. The van der Waals surface area contributed by atoms with Gasteiger partial charge in [0, 0.05) is 30.1 Å². The third kappa shape index (κ3) is 3.87. The van der Waals surface area contributed by atoms with Crippen LogP contribution in [0.5, 0.6) is 5.75 Å². The van der Waals surface area contributed by atoms with Gasteiger partial charge in [0.05, 0.1) is 12.5 Å². The zero-order chi connectivity index (χ0) is 19.5. The van der Waals surface area contributed by atoms with Crippen molar-refractivity contribution in [2.75, 3.05) is 13.2 Å². The molecule has 1 unspecified atom stereocenters. The van der Waals surface area contributed by atoms with E-state index in [1.165, 1.54) is 0 Å². The normalized spacial score (nSPS) is 16.6. The number of likely N-dealkylation sites (tertiary alicyclic amines) is 1. The Bertz CT molecular complexity index is 971. The van der Waals surface area contributed by atoms with Crippen LogP contribution in [0.25, 0.3) is 11.4 Å². The van der Waals surface area contributed by atoms with Gasteiger partial charge >= 0.3 is 0 Å². The minimum absolute atomic E-state index is 0.0609. The van der Waals surface area contributed by atoms with Gasteiger partial charge in [0.15, 0.2) is 0 Å². The molecule has 0 aliphatic carbocycles. The maximum Gasteiger partial charge on any atom is 0.232 e. The number of aromatic nitrogens is 2. The van der Waals surface area contributed by atoms with E-state index in [0.29, 0.717) is 42.9 Å².